The summed E-state index contributed by atoms with van der Waals surface area (Å²) in [5.74, 6) is 2.08. The Bertz CT molecular complexity index is 1240. The normalized spacial score (nSPS) is 11.9. The fourth-order valence-electron chi connectivity index (χ4n) is 2.80. The van der Waals surface area contributed by atoms with Crippen LogP contribution in [0.15, 0.2) is 57.1 Å². The highest BCUT2D eigenvalue weighted by atomic mass is 32.2. The van der Waals surface area contributed by atoms with E-state index < -0.39 is 0 Å². The van der Waals surface area contributed by atoms with Crippen LogP contribution in [0.2, 0.25) is 0 Å². The molecule has 0 saturated heterocycles. The smallest absolute Gasteiger partial charge is 0.267 e. The van der Waals surface area contributed by atoms with Crippen LogP contribution in [0.4, 0.5) is 0 Å². The molecule has 7 nitrogen and oxygen atoms in total. The summed E-state index contributed by atoms with van der Waals surface area (Å²) in [7, 11) is 0. The number of thioether (sulfide) groups is 1. The predicted molar refractivity (Wildman–Crippen MR) is 112 cm³/mol. The van der Waals surface area contributed by atoms with Gasteiger partial charge in [-0.3, -0.25) is 4.79 Å². The molecule has 0 saturated carbocycles. The van der Waals surface area contributed by atoms with Crippen molar-refractivity contribution < 1.29 is 4.52 Å². The fourth-order valence-corrected chi connectivity index (χ4v) is 3.64. The molecule has 3 heterocycles. The highest BCUT2D eigenvalue weighted by Gasteiger charge is 2.22. The number of aryl methyl sites for hydroxylation is 1. The molecule has 3 aromatic heterocycles. The molecule has 4 rings (SSSR count). The van der Waals surface area contributed by atoms with Crippen LogP contribution in [0.25, 0.3) is 16.7 Å². The van der Waals surface area contributed by atoms with E-state index in [4.69, 9.17) is 9.51 Å². The van der Waals surface area contributed by atoms with Gasteiger partial charge >= 0.3 is 0 Å². The van der Waals surface area contributed by atoms with Crippen molar-refractivity contribution in [3.63, 3.8) is 0 Å². The number of hydrogen-bond donors (Lipinski definition) is 0. The lowest BCUT2D eigenvalue weighted by Crippen LogP contribution is -2.22. The summed E-state index contributed by atoms with van der Waals surface area (Å²) >= 11 is 1.37. The van der Waals surface area contributed by atoms with E-state index in [1.165, 1.54) is 11.8 Å². The molecule has 29 heavy (non-hydrogen) atoms. The number of fused-ring (bicyclic) bond motifs is 1. The Labute approximate surface area is 172 Å². The van der Waals surface area contributed by atoms with Gasteiger partial charge in [0.2, 0.25) is 5.89 Å². The molecule has 0 fully saturated rings. The van der Waals surface area contributed by atoms with Crippen LogP contribution in [-0.4, -0.2) is 24.7 Å². The van der Waals surface area contributed by atoms with E-state index in [1.54, 1.807) is 16.8 Å². The summed E-state index contributed by atoms with van der Waals surface area (Å²) in [5.41, 5.74) is 1.31. The van der Waals surface area contributed by atoms with Crippen molar-refractivity contribution in [2.75, 3.05) is 0 Å². The van der Waals surface area contributed by atoms with E-state index >= 15 is 0 Å². The van der Waals surface area contributed by atoms with E-state index in [0.29, 0.717) is 39.3 Å². The average Bonchev–Trinajstić information content (AvgIpc) is 3.16. The van der Waals surface area contributed by atoms with Gasteiger partial charge in [0, 0.05) is 11.6 Å². The minimum Gasteiger partial charge on any atom is -0.338 e. The van der Waals surface area contributed by atoms with E-state index in [-0.39, 0.29) is 11.0 Å². The highest BCUT2D eigenvalue weighted by molar-refractivity contribution is 7.98. The second-order valence-corrected chi connectivity index (χ2v) is 8.74. The largest absolute Gasteiger partial charge is 0.338 e. The van der Waals surface area contributed by atoms with Crippen molar-refractivity contribution in [3.05, 3.63) is 70.2 Å². The number of nitrogens with zero attached hydrogens (tertiary/aromatic N) is 5. The Morgan fingerprint density at radius 1 is 1.14 bits per heavy atom. The third kappa shape index (κ3) is 3.93. The van der Waals surface area contributed by atoms with E-state index in [1.807, 2.05) is 58.0 Å². The average molecular weight is 407 g/mol. The summed E-state index contributed by atoms with van der Waals surface area (Å²) in [4.78, 5) is 26.8. The molecule has 0 N–H and O–H groups in total. The van der Waals surface area contributed by atoms with Crippen LogP contribution in [-0.2, 0) is 11.2 Å². The Kier molecular flexibility index (Phi) is 4.96. The first kappa shape index (κ1) is 19.3. The maximum absolute atomic E-state index is 13.2. The lowest BCUT2D eigenvalue weighted by molar-refractivity contribution is 0.372. The van der Waals surface area contributed by atoms with Gasteiger partial charge in [0.05, 0.1) is 16.7 Å². The molecule has 0 aliphatic heterocycles. The third-order valence-corrected chi connectivity index (χ3v) is 5.26. The molecule has 0 radical (unpaired) electrons. The molecule has 0 amide bonds. The molecule has 0 aliphatic rings. The second-order valence-electron chi connectivity index (χ2n) is 7.79. The van der Waals surface area contributed by atoms with Gasteiger partial charge in [0.1, 0.15) is 5.82 Å². The van der Waals surface area contributed by atoms with Crippen LogP contribution in [0.3, 0.4) is 0 Å². The van der Waals surface area contributed by atoms with Gasteiger partial charge in [-0.05, 0) is 36.8 Å². The SMILES string of the molecule is Cc1ccnc(-n2c(SCc3nc(C(C)(C)C)no3)nc3ccccc3c2=O)c1. The molecular formula is C21H21N5O2S. The molecule has 0 unspecified atom stereocenters. The molecule has 148 valence electrons. The lowest BCUT2D eigenvalue weighted by Gasteiger charge is -2.12. The Morgan fingerprint density at radius 3 is 2.66 bits per heavy atom. The lowest BCUT2D eigenvalue weighted by atomic mass is 9.96. The van der Waals surface area contributed by atoms with Gasteiger partial charge in [-0.25, -0.2) is 14.5 Å². The van der Waals surface area contributed by atoms with E-state index in [0.717, 1.165) is 5.56 Å². The van der Waals surface area contributed by atoms with Crippen molar-refractivity contribution in [1.82, 2.24) is 24.7 Å². The van der Waals surface area contributed by atoms with E-state index in [2.05, 4.69) is 15.1 Å². The van der Waals surface area contributed by atoms with Crippen molar-refractivity contribution in [2.45, 2.75) is 44.0 Å². The molecule has 0 spiro atoms. The first-order valence-electron chi connectivity index (χ1n) is 9.23. The summed E-state index contributed by atoms with van der Waals surface area (Å²) in [6.07, 6.45) is 1.69. The summed E-state index contributed by atoms with van der Waals surface area (Å²) in [6, 6.07) is 11.1. The first-order valence-corrected chi connectivity index (χ1v) is 10.2. The Morgan fingerprint density at radius 2 is 1.93 bits per heavy atom. The number of aromatic nitrogens is 5. The molecule has 1 aromatic carbocycles. The summed E-state index contributed by atoms with van der Waals surface area (Å²) in [6.45, 7) is 8.05. The maximum atomic E-state index is 13.2. The minimum atomic E-state index is -0.193. The standard InChI is InChI=1S/C21H21N5O2S/c1-13-9-10-22-16(11-13)26-18(27)14-7-5-6-8-15(14)23-20(26)29-12-17-24-19(25-28-17)21(2,3)4/h5-11H,12H2,1-4H3. The minimum absolute atomic E-state index is 0.155. The maximum Gasteiger partial charge on any atom is 0.267 e. The Balaban J connectivity index is 1.77. The second kappa shape index (κ2) is 7.44. The van der Waals surface area contributed by atoms with Crippen LogP contribution in [0.5, 0.6) is 0 Å². The van der Waals surface area contributed by atoms with Gasteiger partial charge in [-0.2, -0.15) is 4.98 Å². The number of hydrogen-bond acceptors (Lipinski definition) is 7. The van der Waals surface area contributed by atoms with Gasteiger partial charge in [0.15, 0.2) is 11.0 Å². The van der Waals surface area contributed by atoms with Gasteiger partial charge < -0.3 is 4.52 Å². The van der Waals surface area contributed by atoms with Crippen molar-refractivity contribution in [1.29, 1.82) is 0 Å². The summed E-state index contributed by atoms with van der Waals surface area (Å²) < 4.78 is 6.93. The molecule has 0 aliphatic carbocycles. The number of para-hydroxylation sites is 1. The molecule has 8 heteroatoms. The van der Waals surface area contributed by atoms with Crippen molar-refractivity contribution in [3.8, 4) is 5.82 Å². The third-order valence-electron chi connectivity index (χ3n) is 4.34. The van der Waals surface area contributed by atoms with E-state index in [9.17, 15) is 4.79 Å². The topological polar surface area (TPSA) is 86.7 Å². The molecule has 0 bridgehead atoms. The van der Waals surface area contributed by atoms with Gasteiger partial charge in [-0.15, -0.1) is 0 Å². The van der Waals surface area contributed by atoms with Gasteiger partial charge in [-0.1, -0.05) is 49.8 Å². The predicted octanol–water partition coefficient (Wildman–Crippen LogP) is 4.06. The first-order chi connectivity index (χ1) is 13.8. The number of pyridine rings is 1. The quantitative estimate of drug-likeness (QED) is 0.372. The molecule has 0 atom stereocenters. The van der Waals surface area contributed by atoms with Crippen LogP contribution < -0.4 is 5.56 Å². The van der Waals surface area contributed by atoms with Crippen LogP contribution in [0, 0.1) is 6.92 Å². The number of rotatable bonds is 4. The zero-order chi connectivity index (χ0) is 20.6. The zero-order valence-electron chi connectivity index (χ0n) is 16.7. The van der Waals surface area contributed by atoms with Crippen LogP contribution in [0.1, 0.15) is 38.0 Å². The molecular weight excluding hydrogens is 386 g/mol. The monoisotopic (exact) mass is 407 g/mol. The summed E-state index contributed by atoms with van der Waals surface area (Å²) in [5, 5.41) is 5.14. The van der Waals surface area contributed by atoms with Crippen molar-refractivity contribution in [2.24, 2.45) is 0 Å². The van der Waals surface area contributed by atoms with Crippen LogP contribution >= 0.6 is 11.8 Å². The molecule has 4 aromatic rings. The van der Waals surface area contributed by atoms with Crippen molar-refractivity contribution >= 4 is 22.7 Å². The fraction of sp³-hybridized carbons (Fsp3) is 0.286. The Hall–Kier alpha value is -3.00. The zero-order valence-corrected chi connectivity index (χ0v) is 17.5. The number of benzene rings is 1. The highest BCUT2D eigenvalue weighted by Crippen LogP contribution is 2.25. The van der Waals surface area contributed by atoms with Gasteiger partial charge in [0.25, 0.3) is 5.56 Å².